The van der Waals surface area contributed by atoms with Gasteiger partial charge >= 0.3 is 0 Å². The highest BCUT2D eigenvalue weighted by Crippen LogP contribution is 2.34. The molecule has 1 aromatic heterocycles. The van der Waals surface area contributed by atoms with Gasteiger partial charge in [0, 0.05) is 48.7 Å². The molecule has 1 N–H and O–H groups in total. The highest BCUT2D eigenvalue weighted by molar-refractivity contribution is 5.98. The number of pyridine rings is 1. The predicted molar refractivity (Wildman–Crippen MR) is 128 cm³/mol. The van der Waals surface area contributed by atoms with Gasteiger partial charge < -0.3 is 15.0 Å². The number of rotatable bonds is 9. The Labute approximate surface area is 208 Å². The van der Waals surface area contributed by atoms with Crippen LogP contribution in [0.25, 0.3) is 10.9 Å². The highest BCUT2D eigenvalue weighted by Gasteiger charge is 2.16. The molecule has 6 nitrogen and oxygen atoms in total. The molecule has 0 bridgehead atoms. The summed E-state index contributed by atoms with van der Waals surface area (Å²) in [7, 11) is 2.73. The van der Waals surface area contributed by atoms with E-state index in [1.807, 2.05) is 6.07 Å². The van der Waals surface area contributed by atoms with Crippen molar-refractivity contribution >= 4 is 28.1 Å². The first-order chi connectivity index (χ1) is 20.1. The number of hydrogen-bond acceptors (Lipinski definition) is 6. The molecule has 0 aliphatic carbocycles. The first-order valence-corrected chi connectivity index (χ1v) is 9.60. The fourth-order valence-electron chi connectivity index (χ4n) is 2.93. The van der Waals surface area contributed by atoms with Gasteiger partial charge in [-0.25, -0.2) is 4.39 Å². The van der Waals surface area contributed by atoms with Crippen molar-refractivity contribution in [3.63, 3.8) is 0 Å². The van der Waals surface area contributed by atoms with E-state index in [1.165, 1.54) is 27.1 Å². The summed E-state index contributed by atoms with van der Waals surface area (Å²) in [6.45, 7) is -7.56. The van der Waals surface area contributed by atoms with Crippen LogP contribution in [-0.2, 0) is 11.2 Å². The third kappa shape index (κ3) is 5.93. The molecule has 33 heavy (non-hydrogen) atoms. The number of ether oxygens (including phenoxy) is 1. The van der Waals surface area contributed by atoms with Crippen molar-refractivity contribution in [2.45, 2.75) is 20.2 Å². The molecule has 0 unspecified atom stereocenters. The summed E-state index contributed by atoms with van der Waals surface area (Å²) in [4.78, 5) is 18.2. The first-order valence-electron chi connectivity index (χ1n) is 15.1. The fourth-order valence-corrected chi connectivity index (χ4v) is 2.93. The highest BCUT2D eigenvalue weighted by atomic mass is 19.1. The lowest BCUT2D eigenvalue weighted by Gasteiger charge is -2.15. The Morgan fingerprint density at radius 1 is 1.48 bits per heavy atom. The normalized spacial score (nSPS) is 17.6. The van der Waals surface area contributed by atoms with Gasteiger partial charge in [0.1, 0.15) is 17.6 Å². The second-order valence-corrected chi connectivity index (χ2v) is 7.09. The number of anilines is 2. The molecule has 0 aliphatic rings. The lowest BCUT2D eigenvalue weighted by atomic mass is 10.0. The number of ketones is 1. The summed E-state index contributed by atoms with van der Waals surface area (Å²) >= 11 is 0. The molecular formula is C26H27FN4O2. The molecule has 170 valence electrons. The van der Waals surface area contributed by atoms with E-state index in [0.717, 1.165) is 23.2 Å². The van der Waals surface area contributed by atoms with Crippen molar-refractivity contribution in [3.8, 4) is 11.8 Å². The Balaban J connectivity index is 2.29. The average Bonchev–Trinajstić information content (AvgIpc) is 2.92. The number of allylic oxidation sites excluding steroid dienone is 1. The number of likely N-dealkylation sites (N-methyl/N-ethyl adjacent to an activating group) is 1. The minimum absolute atomic E-state index is 0.00250. The molecule has 0 atom stereocenters. The van der Waals surface area contributed by atoms with Crippen LogP contribution in [-0.4, -0.2) is 42.8 Å². The van der Waals surface area contributed by atoms with Gasteiger partial charge in [-0.05, 0) is 63.7 Å². The van der Waals surface area contributed by atoms with E-state index in [0.29, 0.717) is 0 Å². The van der Waals surface area contributed by atoms with E-state index >= 15 is 0 Å². The maximum absolute atomic E-state index is 14.3. The number of carbonyl (C=O) groups is 1. The van der Waals surface area contributed by atoms with Crippen LogP contribution in [0.4, 0.5) is 15.8 Å². The molecule has 3 aromatic rings. The predicted octanol–water partition coefficient (Wildman–Crippen LogP) is 4.93. The molecule has 0 spiro atoms. The van der Waals surface area contributed by atoms with Gasteiger partial charge in [0.15, 0.2) is 5.78 Å². The Hall–Kier alpha value is -3.76. The Morgan fingerprint density at radius 3 is 3.03 bits per heavy atom. The van der Waals surface area contributed by atoms with E-state index in [-0.39, 0.29) is 39.0 Å². The summed E-state index contributed by atoms with van der Waals surface area (Å²) in [5.41, 5.74) is -0.843. The summed E-state index contributed by atoms with van der Waals surface area (Å²) in [6, 6.07) is 1.64. The van der Waals surface area contributed by atoms with Gasteiger partial charge in [-0.1, -0.05) is 6.05 Å². The van der Waals surface area contributed by atoms with E-state index in [4.69, 9.17) is 19.8 Å². The van der Waals surface area contributed by atoms with Crippen LogP contribution in [0.1, 0.15) is 38.6 Å². The van der Waals surface area contributed by atoms with Crippen molar-refractivity contribution in [1.82, 2.24) is 9.88 Å². The van der Waals surface area contributed by atoms with E-state index in [1.54, 1.807) is 0 Å². The largest absolute Gasteiger partial charge is 0.494 e. The Bertz CT molecular complexity index is 1690. The zero-order valence-electron chi connectivity index (χ0n) is 29.1. The van der Waals surface area contributed by atoms with Crippen LogP contribution in [0.2, 0.25) is 0 Å². The average molecular weight is 458 g/mol. The van der Waals surface area contributed by atoms with Crippen LogP contribution in [0.3, 0.4) is 0 Å². The number of halogens is 1. The number of nitrogens with zero attached hydrogens (tertiary/aromatic N) is 3. The van der Waals surface area contributed by atoms with Crippen molar-refractivity contribution in [2.75, 3.05) is 32.5 Å². The molecule has 1 heterocycles. The van der Waals surface area contributed by atoms with Crippen LogP contribution >= 0.6 is 0 Å². The number of hydrogen-bond donors (Lipinski definition) is 1. The lowest BCUT2D eigenvalue weighted by molar-refractivity contribution is -0.114. The monoisotopic (exact) mass is 457 g/mol. The lowest BCUT2D eigenvalue weighted by Crippen LogP contribution is -2.11. The molecule has 7 heteroatoms. The molecule has 2 aromatic carbocycles. The topological polar surface area (TPSA) is 78.2 Å². The number of carbonyl (C=O) groups excluding carboxylic acids is 1. The molecule has 0 amide bonds. The van der Waals surface area contributed by atoms with E-state index in [9.17, 15) is 14.4 Å². The fraction of sp³-hybridized carbons (Fsp3) is 0.269. The van der Waals surface area contributed by atoms with Gasteiger partial charge in [-0.3, -0.25) is 9.78 Å². The number of fused-ring (bicyclic) bond motifs is 1. The molecule has 0 aliphatic heterocycles. The summed E-state index contributed by atoms with van der Waals surface area (Å²) in [5, 5.41) is 12.6. The first kappa shape index (κ1) is 13.1. The summed E-state index contributed by atoms with van der Waals surface area (Å²) in [6.07, 6.45) is 1.19. The van der Waals surface area contributed by atoms with E-state index in [2.05, 4.69) is 10.3 Å². The number of aromatic nitrogens is 1. The van der Waals surface area contributed by atoms with Crippen LogP contribution in [0.5, 0.6) is 5.75 Å². The SMILES string of the molecule is [2H]/C(=C\C(=O)Cc1cc2c(Nc3c([2H])c([2H])c(F)c(C)c3[2H])c(C#N)cnc2cc1OC([2H])([2H])C([2H])([2H])[2H])C([2H])([2H])N(C)C. The van der Waals surface area contributed by atoms with Gasteiger partial charge in [-0.2, -0.15) is 5.26 Å². The van der Waals surface area contributed by atoms with Crippen LogP contribution < -0.4 is 10.1 Å². The summed E-state index contributed by atoms with van der Waals surface area (Å²) < 4.78 is 106. The molecule has 3 rings (SSSR count). The van der Waals surface area contributed by atoms with Gasteiger partial charge in [-0.15, -0.1) is 0 Å². The molecular weight excluding hydrogens is 419 g/mol. The Kier molecular flexibility index (Phi) is 4.24. The molecule has 0 saturated carbocycles. The maximum Gasteiger partial charge on any atom is 0.159 e. The van der Waals surface area contributed by atoms with Gasteiger partial charge in [0.2, 0.25) is 0 Å². The van der Waals surface area contributed by atoms with Crippen molar-refractivity contribution in [2.24, 2.45) is 0 Å². The van der Waals surface area contributed by atoms with Gasteiger partial charge in [0.05, 0.1) is 31.6 Å². The standard InChI is InChI=1S/C26H27FN4O2/c1-5-33-25-14-24-22(13-18(25)12-21(32)7-6-10-31(3)4)26(19(15-28)16-29-24)30-20-8-9-23(27)17(2)11-20/h6-9,11,13-14,16H,5,10,12H2,1-4H3,(H,29,30)/b7-6+/i1D3,5D2,6D,8D,9D,10D2,11D. The maximum atomic E-state index is 14.3. The zero-order chi connectivity index (χ0) is 33.5. The molecule has 0 saturated heterocycles. The summed E-state index contributed by atoms with van der Waals surface area (Å²) in [5.74, 6) is -2.30. The van der Waals surface area contributed by atoms with Crippen LogP contribution in [0, 0.1) is 24.1 Å². The zero-order valence-corrected chi connectivity index (χ0v) is 18.1. The van der Waals surface area contributed by atoms with Crippen molar-refractivity contribution in [3.05, 3.63) is 71.1 Å². The number of benzene rings is 2. The van der Waals surface area contributed by atoms with E-state index < -0.39 is 67.9 Å². The minimum Gasteiger partial charge on any atom is -0.494 e. The Morgan fingerprint density at radius 2 is 2.30 bits per heavy atom. The van der Waals surface area contributed by atoms with Crippen LogP contribution in [0.15, 0.2) is 48.6 Å². The third-order valence-electron chi connectivity index (χ3n) is 4.41. The minimum atomic E-state index is -3.26. The van der Waals surface area contributed by atoms with Gasteiger partial charge in [0.25, 0.3) is 0 Å². The second kappa shape index (κ2) is 10.7. The third-order valence-corrected chi connectivity index (χ3v) is 4.41. The van der Waals surface area contributed by atoms with Crippen molar-refractivity contribution in [1.29, 1.82) is 5.26 Å². The number of nitriles is 1. The quantitative estimate of drug-likeness (QED) is 0.459. The molecule has 0 radical (unpaired) electrons. The number of nitrogens with one attached hydrogen (secondary N) is 1. The molecule has 0 fully saturated rings. The second-order valence-electron chi connectivity index (χ2n) is 7.09. The smallest absolute Gasteiger partial charge is 0.159 e. The van der Waals surface area contributed by atoms with Crippen molar-refractivity contribution < 1.29 is 29.0 Å².